The Morgan fingerprint density at radius 2 is 1.60 bits per heavy atom. The monoisotopic (exact) mass is 413 g/mol. The van der Waals surface area contributed by atoms with Crippen molar-refractivity contribution in [2.45, 2.75) is 12.8 Å². The summed E-state index contributed by atoms with van der Waals surface area (Å²) in [6, 6.07) is 28.4. The van der Waals surface area contributed by atoms with Gasteiger partial charge in [-0.2, -0.15) is 5.10 Å². The molecule has 0 unspecified atom stereocenters. The van der Waals surface area contributed by atoms with E-state index >= 15 is 0 Å². The Morgan fingerprint density at radius 1 is 0.900 bits per heavy atom. The molecule has 4 rings (SSSR count). The minimum absolute atomic E-state index is 0.504. The fourth-order valence-corrected chi connectivity index (χ4v) is 3.36. The summed E-state index contributed by atoms with van der Waals surface area (Å²) in [6.45, 7) is 0.746. The first-order valence-electron chi connectivity index (χ1n) is 9.91. The first-order valence-corrected chi connectivity index (χ1v) is 10.3. The van der Waals surface area contributed by atoms with Crippen molar-refractivity contribution in [3.8, 4) is 0 Å². The first-order chi connectivity index (χ1) is 14.8. The van der Waals surface area contributed by atoms with E-state index in [-0.39, 0.29) is 0 Å². The van der Waals surface area contributed by atoms with Crippen molar-refractivity contribution in [3.05, 3.63) is 102 Å². The maximum absolute atomic E-state index is 5.40. The van der Waals surface area contributed by atoms with Gasteiger partial charge in [0, 0.05) is 6.54 Å². The van der Waals surface area contributed by atoms with Crippen molar-refractivity contribution >= 4 is 34.1 Å². The third-order valence-electron chi connectivity index (χ3n) is 4.71. The van der Waals surface area contributed by atoms with Crippen molar-refractivity contribution in [1.82, 2.24) is 20.7 Å². The average Bonchev–Trinajstić information content (AvgIpc) is 3.20. The Balaban J connectivity index is 1.42. The van der Waals surface area contributed by atoms with Crippen LogP contribution in [0.1, 0.15) is 17.0 Å². The number of nitrogens with one attached hydrogen (secondary N) is 3. The van der Waals surface area contributed by atoms with E-state index in [9.17, 15) is 0 Å². The topological polar surface area (TPSA) is 65.1 Å². The number of H-pyrrole nitrogens is 1. The van der Waals surface area contributed by atoms with Crippen molar-refractivity contribution in [2.75, 3.05) is 6.54 Å². The highest BCUT2D eigenvalue weighted by Crippen LogP contribution is 2.13. The molecular formula is C24H23N5S. The molecule has 1 heterocycles. The molecule has 3 aromatic carbocycles. The molecule has 5 nitrogen and oxygen atoms in total. The van der Waals surface area contributed by atoms with Crippen LogP contribution < -0.4 is 10.7 Å². The molecule has 1 aromatic heterocycles. The molecular weight excluding hydrogens is 390 g/mol. The zero-order valence-corrected chi connectivity index (χ0v) is 17.3. The molecule has 3 N–H and O–H groups in total. The predicted octanol–water partition coefficient (Wildman–Crippen LogP) is 4.22. The molecule has 0 bridgehead atoms. The molecule has 4 aromatic rings. The van der Waals surface area contributed by atoms with Crippen LogP contribution in [0.25, 0.3) is 11.0 Å². The zero-order valence-electron chi connectivity index (χ0n) is 16.5. The Bertz CT molecular complexity index is 1100. The van der Waals surface area contributed by atoms with E-state index in [0.29, 0.717) is 11.5 Å². The minimum atomic E-state index is 0.504. The van der Waals surface area contributed by atoms with Crippen LogP contribution >= 0.6 is 12.2 Å². The molecule has 0 atom stereocenters. The van der Waals surface area contributed by atoms with Crippen molar-refractivity contribution < 1.29 is 0 Å². The third kappa shape index (κ3) is 5.30. The van der Waals surface area contributed by atoms with Gasteiger partial charge in [-0.1, -0.05) is 72.8 Å². The molecule has 0 aliphatic carbocycles. The van der Waals surface area contributed by atoms with Gasteiger partial charge in [-0.25, -0.2) is 4.98 Å². The minimum Gasteiger partial charge on any atom is -0.361 e. The van der Waals surface area contributed by atoms with Gasteiger partial charge in [0.25, 0.3) is 0 Å². The second kappa shape index (κ2) is 9.80. The summed E-state index contributed by atoms with van der Waals surface area (Å²) in [7, 11) is 0. The van der Waals surface area contributed by atoms with E-state index < -0.39 is 0 Å². The fourth-order valence-electron chi connectivity index (χ4n) is 3.21. The maximum Gasteiger partial charge on any atom is 0.186 e. The van der Waals surface area contributed by atoms with Gasteiger partial charge in [0.1, 0.15) is 5.82 Å². The number of para-hydroxylation sites is 2. The van der Waals surface area contributed by atoms with Gasteiger partial charge in [0.05, 0.1) is 23.2 Å². The number of aromatic amines is 1. The zero-order chi connectivity index (χ0) is 20.6. The molecule has 6 heteroatoms. The predicted molar refractivity (Wildman–Crippen MR) is 127 cm³/mol. The molecule has 0 radical (unpaired) electrons. The van der Waals surface area contributed by atoms with Crippen LogP contribution in [0.5, 0.6) is 0 Å². The van der Waals surface area contributed by atoms with E-state index in [2.05, 4.69) is 37.9 Å². The van der Waals surface area contributed by atoms with Crippen LogP contribution in [0, 0.1) is 0 Å². The van der Waals surface area contributed by atoms with Crippen LogP contribution in [0.15, 0.2) is 90.0 Å². The number of benzene rings is 3. The van der Waals surface area contributed by atoms with Crippen molar-refractivity contribution in [3.63, 3.8) is 0 Å². The molecule has 30 heavy (non-hydrogen) atoms. The second-order valence-corrected chi connectivity index (χ2v) is 7.31. The van der Waals surface area contributed by atoms with Crippen LogP contribution in [0.3, 0.4) is 0 Å². The van der Waals surface area contributed by atoms with Gasteiger partial charge in [-0.3, -0.25) is 5.43 Å². The summed E-state index contributed by atoms with van der Waals surface area (Å²) in [6.07, 6.45) is 1.47. The van der Waals surface area contributed by atoms with Crippen molar-refractivity contribution in [2.24, 2.45) is 5.10 Å². The Kier molecular flexibility index (Phi) is 6.47. The Labute approximate surface area is 181 Å². The number of rotatable bonds is 7. The summed E-state index contributed by atoms with van der Waals surface area (Å²) in [5, 5.41) is 8.30. The van der Waals surface area contributed by atoms with Crippen LogP contribution in [-0.4, -0.2) is 27.3 Å². The molecule has 150 valence electrons. The molecule has 0 aliphatic rings. The normalized spacial score (nSPS) is 11.4. The molecule has 0 amide bonds. The number of nitrogens with zero attached hydrogens (tertiary/aromatic N) is 2. The molecule has 0 spiro atoms. The second-order valence-electron chi connectivity index (χ2n) is 6.91. The van der Waals surface area contributed by atoms with Gasteiger partial charge in [-0.05, 0) is 41.9 Å². The average molecular weight is 414 g/mol. The number of hydrogen-bond donors (Lipinski definition) is 3. The lowest BCUT2D eigenvalue weighted by Crippen LogP contribution is -2.34. The lowest BCUT2D eigenvalue weighted by molar-refractivity contribution is 0.835. The maximum atomic E-state index is 5.40. The van der Waals surface area contributed by atoms with Gasteiger partial charge in [0.2, 0.25) is 0 Å². The number of fused-ring (bicyclic) bond motifs is 1. The lowest BCUT2D eigenvalue weighted by atomic mass is 10.1. The van der Waals surface area contributed by atoms with E-state index in [1.807, 2.05) is 72.8 Å². The first kappa shape index (κ1) is 19.8. The van der Waals surface area contributed by atoms with Gasteiger partial charge < -0.3 is 10.3 Å². The molecule has 0 saturated carbocycles. The smallest absolute Gasteiger partial charge is 0.186 e. The van der Waals surface area contributed by atoms with Crippen molar-refractivity contribution in [1.29, 1.82) is 0 Å². The number of thiocarbonyl (C=S) groups is 1. The van der Waals surface area contributed by atoms with Crippen LogP contribution in [-0.2, 0) is 12.8 Å². The van der Waals surface area contributed by atoms with E-state index in [4.69, 9.17) is 12.2 Å². The Hall–Kier alpha value is -3.51. The SMILES string of the molecule is S=C(NCCc1ccccc1)NN=C(Cc1nc2ccccc2[nH]1)c1ccccc1. The highest BCUT2D eigenvalue weighted by Gasteiger charge is 2.09. The van der Waals surface area contributed by atoms with E-state index in [1.165, 1.54) is 5.56 Å². The van der Waals surface area contributed by atoms with Crippen LogP contribution in [0.4, 0.5) is 0 Å². The number of imidazole rings is 1. The Morgan fingerprint density at radius 3 is 2.37 bits per heavy atom. The molecule has 0 saturated heterocycles. The van der Waals surface area contributed by atoms with Gasteiger partial charge in [0.15, 0.2) is 5.11 Å². The molecule has 0 aliphatic heterocycles. The summed E-state index contributed by atoms with van der Waals surface area (Å²) >= 11 is 5.40. The highest BCUT2D eigenvalue weighted by molar-refractivity contribution is 7.80. The number of hydrazone groups is 1. The van der Waals surface area contributed by atoms with E-state index in [1.54, 1.807) is 0 Å². The molecule has 0 fully saturated rings. The summed E-state index contributed by atoms with van der Waals surface area (Å²) in [5.74, 6) is 0.864. The van der Waals surface area contributed by atoms with Crippen LogP contribution in [0.2, 0.25) is 0 Å². The fraction of sp³-hybridized carbons (Fsp3) is 0.125. The quantitative estimate of drug-likeness (QED) is 0.241. The summed E-state index contributed by atoms with van der Waals surface area (Å²) in [5.41, 5.74) is 8.12. The number of hydrogen-bond acceptors (Lipinski definition) is 3. The van der Waals surface area contributed by atoms with E-state index in [0.717, 1.165) is 41.1 Å². The standard InChI is InChI=1S/C24H23N5S/c30-24(25-16-15-18-9-3-1-4-10-18)29-28-22(19-11-5-2-6-12-19)17-23-26-20-13-7-8-14-21(20)27-23/h1-14H,15-17H2,(H,26,27)(H2,25,29,30). The van der Waals surface area contributed by atoms with Gasteiger partial charge in [-0.15, -0.1) is 0 Å². The largest absolute Gasteiger partial charge is 0.361 e. The summed E-state index contributed by atoms with van der Waals surface area (Å²) in [4.78, 5) is 8.04. The lowest BCUT2D eigenvalue weighted by Gasteiger charge is -2.10. The third-order valence-corrected chi connectivity index (χ3v) is 4.95. The summed E-state index contributed by atoms with van der Waals surface area (Å²) < 4.78 is 0. The van der Waals surface area contributed by atoms with Gasteiger partial charge >= 0.3 is 0 Å². The number of aromatic nitrogens is 2. The highest BCUT2D eigenvalue weighted by atomic mass is 32.1.